The summed E-state index contributed by atoms with van der Waals surface area (Å²) in [7, 11) is 0. The van der Waals surface area contributed by atoms with Crippen molar-refractivity contribution in [2.24, 2.45) is 5.41 Å². The van der Waals surface area contributed by atoms with E-state index in [4.69, 9.17) is 36.2 Å². The summed E-state index contributed by atoms with van der Waals surface area (Å²) in [5.41, 5.74) is 0.879. The van der Waals surface area contributed by atoms with Gasteiger partial charge in [0.1, 0.15) is 6.61 Å². The molecule has 11 heteroatoms. The van der Waals surface area contributed by atoms with E-state index < -0.39 is 11.6 Å². The van der Waals surface area contributed by atoms with Gasteiger partial charge < -0.3 is 24.9 Å². The van der Waals surface area contributed by atoms with Crippen LogP contribution < -0.4 is 118 Å². The van der Waals surface area contributed by atoms with Crippen molar-refractivity contribution in [2.45, 2.75) is 27.3 Å². The standard InChI is InChI=1S/C16H20ClNO4.CH2O3.2K/c1-10(2)8-21-14-6-12(17)11(5-13(14)19)7-18-15(20)16(3,4)9-22-18;2-1(3)4;;/h5-6,19H,1,7-9H2,2-4H3;(H2,2,3,4);;/q;;2*+1/p-2. The monoisotopic (exact) mass is 463 g/mol. The molecule has 144 valence electrons. The summed E-state index contributed by atoms with van der Waals surface area (Å²) in [6.07, 6.45) is -2.33. The molecule has 1 aromatic rings. The quantitative estimate of drug-likeness (QED) is 0.342. The van der Waals surface area contributed by atoms with Gasteiger partial charge in [0.2, 0.25) is 0 Å². The van der Waals surface area contributed by atoms with Crippen molar-refractivity contribution in [3.63, 3.8) is 0 Å². The number of hydrogen-bond donors (Lipinski definition) is 1. The van der Waals surface area contributed by atoms with E-state index in [9.17, 15) is 9.90 Å². The van der Waals surface area contributed by atoms with Crippen LogP contribution in [0.4, 0.5) is 4.79 Å². The number of phenols is 1. The molecular formula is C17H20ClK2NO7. The Hall–Kier alpha value is 0.823. The van der Waals surface area contributed by atoms with E-state index in [2.05, 4.69) is 6.58 Å². The number of carbonyl (C=O) groups excluding carboxylic acids is 2. The van der Waals surface area contributed by atoms with E-state index >= 15 is 0 Å². The van der Waals surface area contributed by atoms with E-state index in [0.29, 0.717) is 23.8 Å². The molecule has 8 nitrogen and oxygen atoms in total. The van der Waals surface area contributed by atoms with Crippen LogP contribution in [0.25, 0.3) is 0 Å². The van der Waals surface area contributed by atoms with E-state index in [1.54, 1.807) is 0 Å². The van der Waals surface area contributed by atoms with Crippen molar-refractivity contribution in [1.29, 1.82) is 0 Å². The molecule has 0 atom stereocenters. The maximum absolute atomic E-state index is 12.1. The number of carboxylic acid groups (broad SMARTS) is 2. The first kappa shape index (κ1) is 31.0. The molecule has 1 aromatic carbocycles. The van der Waals surface area contributed by atoms with Crippen LogP contribution >= 0.6 is 11.6 Å². The molecule has 1 aliphatic heterocycles. The average molecular weight is 464 g/mol. The number of carbonyl (C=O) groups is 2. The molecule has 1 amide bonds. The van der Waals surface area contributed by atoms with Gasteiger partial charge in [-0.2, -0.15) is 0 Å². The number of rotatable bonds is 5. The molecule has 2 rings (SSSR count). The normalized spacial score (nSPS) is 14.1. The van der Waals surface area contributed by atoms with Crippen LogP contribution in [0.3, 0.4) is 0 Å². The fourth-order valence-electron chi connectivity index (χ4n) is 1.99. The van der Waals surface area contributed by atoms with Gasteiger partial charge in [-0.1, -0.05) is 18.2 Å². The predicted molar refractivity (Wildman–Crippen MR) is 89.1 cm³/mol. The number of aromatic hydroxyl groups is 1. The first-order valence-electron chi connectivity index (χ1n) is 7.55. The predicted octanol–water partition coefficient (Wildman–Crippen LogP) is -5.14. The minimum absolute atomic E-state index is 0. The molecule has 0 spiro atoms. The van der Waals surface area contributed by atoms with Crippen LogP contribution in [0, 0.1) is 5.41 Å². The minimum atomic E-state index is -2.33. The summed E-state index contributed by atoms with van der Waals surface area (Å²) in [5.74, 6) is 0.142. The molecule has 0 saturated carbocycles. The summed E-state index contributed by atoms with van der Waals surface area (Å²) in [6.45, 7) is 10.0. The zero-order valence-electron chi connectivity index (χ0n) is 16.7. The Bertz CT molecular complexity index is 709. The Morgan fingerprint density at radius 1 is 1.39 bits per heavy atom. The van der Waals surface area contributed by atoms with Gasteiger partial charge in [0, 0.05) is 11.1 Å². The third kappa shape index (κ3) is 10.2. The number of nitrogens with zero attached hydrogens (tertiary/aromatic N) is 1. The van der Waals surface area contributed by atoms with Crippen LogP contribution in [-0.4, -0.2) is 35.4 Å². The molecule has 1 saturated heterocycles. The van der Waals surface area contributed by atoms with Crippen molar-refractivity contribution < 1.29 is 137 Å². The van der Waals surface area contributed by atoms with Gasteiger partial charge in [-0.15, -0.1) is 0 Å². The van der Waals surface area contributed by atoms with Crippen molar-refractivity contribution in [1.82, 2.24) is 5.06 Å². The SMILES string of the molecule is C=C(C)COc1cc(Cl)c(CN2OCC(C)(C)C2=O)cc1O.O=C([O-])[O-].[K+].[K+]. The maximum Gasteiger partial charge on any atom is 1.00 e. The number of halogens is 1. The van der Waals surface area contributed by atoms with Crippen molar-refractivity contribution >= 4 is 23.7 Å². The minimum Gasteiger partial charge on any atom is -0.652 e. The fraction of sp³-hybridized carbons (Fsp3) is 0.412. The molecule has 1 N–H and O–H groups in total. The summed E-state index contributed by atoms with van der Waals surface area (Å²) in [6, 6.07) is 3.01. The Morgan fingerprint density at radius 3 is 2.36 bits per heavy atom. The second kappa shape index (κ2) is 14.0. The molecule has 0 aromatic heterocycles. The zero-order chi connectivity index (χ0) is 20.1. The van der Waals surface area contributed by atoms with Crippen LogP contribution in [0.15, 0.2) is 24.3 Å². The van der Waals surface area contributed by atoms with Gasteiger partial charge in [0.25, 0.3) is 5.91 Å². The van der Waals surface area contributed by atoms with Crippen LogP contribution in [0.5, 0.6) is 11.5 Å². The van der Waals surface area contributed by atoms with Crippen molar-refractivity contribution in [3.05, 3.63) is 34.9 Å². The zero-order valence-corrected chi connectivity index (χ0v) is 23.7. The Morgan fingerprint density at radius 2 is 1.93 bits per heavy atom. The van der Waals surface area contributed by atoms with Crippen LogP contribution in [0.2, 0.25) is 5.02 Å². The van der Waals surface area contributed by atoms with Crippen molar-refractivity contribution in [2.75, 3.05) is 13.2 Å². The largest absolute Gasteiger partial charge is 1.00 e. The maximum atomic E-state index is 12.1. The molecule has 1 heterocycles. The number of benzene rings is 1. The van der Waals surface area contributed by atoms with Gasteiger partial charge in [-0.05, 0) is 44.1 Å². The number of ether oxygens (including phenoxy) is 1. The summed E-state index contributed by atoms with van der Waals surface area (Å²) in [5, 5.41) is 28.4. The molecule has 1 aliphatic rings. The van der Waals surface area contributed by atoms with Gasteiger partial charge in [0.05, 0.1) is 18.6 Å². The van der Waals surface area contributed by atoms with E-state index in [-0.39, 0.29) is 127 Å². The van der Waals surface area contributed by atoms with Gasteiger partial charge in [0.15, 0.2) is 11.5 Å². The number of amides is 1. The van der Waals surface area contributed by atoms with Gasteiger partial charge in [-0.3, -0.25) is 9.63 Å². The smallest absolute Gasteiger partial charge is 0.652 e. The fourth-order valence-corrected chi connectivity index (χ4v) is 2.21. The molecule has 28 heavy (non-hydrogen) atoms. The number of phenolic OH excluding ortho intramolecular Hbond substituents is 1. The summed E-state index contributed by atoms with van der Waals surface area (Å²) < 4.78 is 5.41. The molecule has 1 fully saturated rings. The summed E-state index contributed by atoms with van der Waals surface area (Å²) in [4.78, 5) is 25.9. The van der Waals surface area contributed by atoms with Crippen molar-refractivity contribution in [3.8, 4) is 11.5 Å². The van der Waals surface area contributed by atoms with Gasteiger partial charge >= 0.3 is 103 Å². The molecule has 0 aliphatic carbocycles. The summed E-state index contributed by atoms with van der Waals surface area (Å²) >= 11 is 6.21. The van der Waals surface area contributed by atoms with Crippen LogP contribution in [0.1, 0.15) is 26.3 Å². The second-order valence-electron chi connectivity index (χ2n) is 6.41. The third-order valence-electron chi connectivity index (χ3n) is 3.30. The molecule has 0 radical (unpaired) electrons. The first-order valence-corrected chi connectivity index (χ1v) is 7.93. The Kier molecular flexibility index (Phi) is 15.5. The number of hydroxylamine groups is 2. The molecular weight excluding hydrogens is 444 g/mol. The molecule has 0 bridgehead atoms. The average Bonchev–Trinajstić information content (AvgIpc) is 2.75. The first-order chi connectivity index (χ1) is 11.9. The second-order valence-corrected chi connectivity index (χ2v) is 6.81. The number of hydrogen-bond acceptors (Lipinski definition) is 7. The van der Waals surface area contributed by atoms with E-state index in [0.717, 1.165) is 5.57 Å². The van der Waals surface area contributed by atoms with Gasteiger partial charge in [-0.25, -0.2) is 5.06 Å². The van der Waals surface area contributed by atoms with E-state index in [1.165, 1.54) is 17.2 Å². The van der Waals surface area contributed by atoms with E-state index in [1.807, 2.05) is 20.8 Å². The van der Waals surface area contributed by atoms with Crippen LogP contribution in [-0.2, 0) is 16.2 Å². The Labute approximate surface area is 254 Å². The third-order valence-corrected chi connectivity index (χ3v) is 3.65. The molecule has 0 unspecified atom stereocenters. The topological polar surface area (TPSA) is 122 Å². The Balaban J connectivity index is 0.